The first-order valence-corrected chi connectivity index (χ1v) is 8.17. The third-order valence-corrected chi connectivity index (χ3v) is 4.23. The highest BCUT2D eigenvalue weighted by Gasteiger charge is 2.19. The minimum atomic E-state index is -0.0660. The van der Waals surface area contributed by atoms with Crippen LogP contribution in [0.2, 0.25) is 0 Å². The number of aromatic nitrogens is 4. The second-order valence-electron chi connectivity index (χ2n) is 5.06. The first-order chi connectivity index (χ1) is 10.5. The molecule has 2 heterocycles. The number of nitriles is 1. The van der Waals surface area contributed by atoms with Crippen LogP contribution in [-0.2, 0) is 6.42 Å². The molecule has 6 nitrogen and oxygen atoms in total. The normalized spacial score (nSPS) is 12.1. The van der Waals surface area contributed by atoms with Crippen molar-refractivity contribution < 1.29 is 4.52 Å². The van der Waals surface area contributed by atoms with E-state index >= 15 is 0 Å². The third kappa shape index (κ3) is 3.83. The fourth-order valence-electron chi connectivity index (χ4n) is 1.98. The number of rotatable bonds is 6. The van der Waals surface area contributed by atoms with E-state index in [0.29, 0.717) is 28.0 Å². The van der Waals surface area contributed by atoms with Gasteiger partial charge in [0, 0.05) is 6.42 Å². The lowest BCUT2D eigenvalue weighted by atomic mass is 10.2. The fourth-order valence-corrected chi connectivity index (χ4v) is 3.01. The number of nitrogens with zero attached hydrogens (tertiary/aromatic N) is 5. The Morgan fingerprint density at radius 1 is 1.27 bits per heavy atom. The van der Waals surface area contributed by atoms with Gasteiger partial charge in [0.1, 0.15) is 22.5 Å². The highest BCUT2D eigenvalue weighted by molar-refractivity contribution is 7.99. The van der Waals surface area contributed by atoms with E-state index in [-0.39, 0.29) is 5.25 Å². The van der Waals surface area contributed by atoms with Crippen LogP contribution < -0.4 is 0 Å². The van der Waals surface area contributed by atoms with Crippen LogP contribution in [0, 0.1) is 25.2 Å². The van der Waals surface area contributed by atoms with E-state index in [1.807, 2.05) is 20.8 Å². The van der Waals surface area contributed by atoms with Crippen LogP contribution in [-0.4, -0.2) is 20.1 Å². The molecule has 22 heavy (non-hydrogen) atoms. The molecule has 0 bridgehead atoms. The van der Waals surface area contributed by atoms with E-state index in [2.05, 4.69) is 33.1 Å². The van der Waals surface area contributed by atoms with Crippen LogP contribution in [0.3, 0.4) is 0 Å². The lowest BCUT2D eigenvalue weighted by Gasteiger charge is -2.09. The number of thioether (sulfide) groups is 1. The Morgan fingerprint density at radius 3 is 2.73 bits per heavy atom. The number of hydrogen-bond acceptors (Lipinski definition) is 7. The largest absolute Gasteiger partial charge is 0.338 e. The van der Waals surface area contributed by atoms with Crippen LogP contribution in [0.1, 0.15) is 60.7 Å². The van der Waals surface area contributed by atoms with Gasteiger partial charge in [-0.15, -0.1) is 0 Å². The van der Waals surface area contributed by atoms with Gasteiger partial charge in [0.05, 0.1) is 10.9 Å². The van der Waals surface area contributed by atoms with E-state index in [1.165, 1.54) is 11.8 Å². The maximum Gasteiger partial charge on any atom is 0.239 e. The van der Waals surface area contributed by atoms with Gasteiger partial charge in [-0.3, -0.25) is 0 Å². The predicted molar refractivity (Wildman–Crippen MR) is 83.4 cm³/mol. The molecule has 0 saturated heterocycles. The minimum absolute atomic E-state index is 0.0660. The SMILES string of the molecule is CCCCc1noc(C(C)Sc2nc(C)nc(C)c2C#N)n1. The quantitative estimate of drug-likeness (QED) is 0.594. The van der Waals surface area contributed by atoms with Gasteiger partial charge >= 0.3 is 0 Å². The zero-order valence-corrected chi connectivity index (χ0v) is 14.1. The highest BCUT2D eigenvalue weighted by atomic mass is 32.2. The minimum Gasteiger partial charge on any atom is -0.338 e. The molecular formula is C15H19N5OS. The van der Waals surface area contributed by atoms with Crippen molar-refractivity contribution in [3.05, 3.63) is 28.8 Å². The number of hydrogen-bond donors (Lipinski definition) is 0. The van der Waals surface area contributed by atoms with E-state index in [9.17, 15) is 5.26 Å². The van der Waals surface area contributed by atoms with Crippen LogP contribution >= 0.6 is 11.8 Å². The summed E-state index contributed by atoms with van der Waals surface area (Å²) in [5, 5.41) is 13.9. The molecule has 0 radical (unpaired) electrons. The number of aryl methyl sites for hydroxylation is 3. The lowest BCUT2D eigenvalue weighted by molar-refractivity contribution is 0.374. The predicted octanol–water partition coefficient (Wildman–Crippen LogP) is 3.54. The Morgan fingerprint density at radius 2 is 2.05 bits per heavy atom. The van der Waals surface area contributed by atoms with E-state index in [1.54, 1.807) is 0 Å². The summed E-state index contributed by atoms with van der Waals surface area (Å²) in [6.45, 7) is 7.73. The summed E-state index contributed by atoms with van der Waals surface area (Å²) in [5.74, 6) is 1.95. The second kappa shape index (κ2) is 7.36. The molecule has 2 aromatic rings. The summed E-state index contributed by atoms with van der Waals surface area (Å²) in [6.07, 6.45) is 2.97. The van der Waals surface area contributed by atoms with Gasteiger partial charge in [-0.25, -0.2) is 9.97 Å². The molecule has 0 saturated carbocycles. The average molecular weight is 317 g/mol. The van der Waals surface area contributed by atoms with Crippen molar-refractivity contribution >= 4 is 11.8 Å². The summed E-state index contributed by atoms with van der Waals surface area (Å²) in [4.78, 5) is 13.0. The van der Waals surface area contributed by atoms with Gasteiger partial charge in [0.15, 0.2) is 5.82 Å². The highest BCUT2D eigenvalue weighted by Crippen LogP contribution is 2.35. The van der Waals surface area contributed by atoms with Gasteiger partial charge in [-0.1, -0.05) is 30.3 Å². The molecule has 0 spiro atoms. The van der Waals surface area contributed by atoms with Gasteiger partial charge in [0.2, 0.25) is 5.89 Å². The molecule has 1 atom stereocenters. The second-order valence-corrected chi connectivity index (χ2v) is 6.39. The van der Waals surface area contributed by atoms with Gasteiger partial charge < -0.3 is 4.52 Å². The topological polar surface area (TPSA) is 88.5 Å². The Balaban J connectivity index is 2.17. The molecular weight excluding hydrogens is 298 g/mol. The molecule has 0 aliphatic heterocycles. The Labute approximate surface area is 134 Å². The summed E-state index contributed by atoms with van der Waals surface area (Å²) < 4.78 is 5.32. The summed E-state index contributed by atoms with van der Waals surface area (Å²) in [7, 11) is 0. The van der Waals surface area contributed by atoms with Crippen molar-refractivity contribution in [3.8, 4) is 6.07 Å². The third-order valence-electron chi connectivity index (χ3n) is 3.15. The Bertz CT molecular complexity index is 692. The standard InChI is InChI=1S/C15H19N5OS/c1-5-6-7-13-19-14(21-20-13)10(3)22-15-12(8-16)9(2)17-11(4)18-15/h10H,5-7H2,1-4H3. The van der Waals surface area contributed by atoms with Crippen molar-refractivity contribution in [2.24, 2.45) is 0 Å². The van der Waals surface area contributed by atoms with E-state index in [4.69, 9.17) is 4.52 Å². The number of unbranched alkanes of at least 4 members (excludes halogenated alkanes) is 1. The molecule has 0 aromatic carbocycles. The van der Waals surface area contributed by atoms with E-state index in [0.717, 1.165) is 25.1 Å². The maximum atomic E-state index is 9.28. The molecule has 0 aliphatic rings. The Kier molecular flexibility index (Phi) is 5.50. The molecule has 7 heteroatoms. The van der Waals surface area contributed by atoms with Crippen LogP contribution in [0.4, 0.5) is 0 Å². The molecule has 116 valence electrons. The molecule has 2 rings (SSSR count). The zero-order chi connectivity index (χ0) is 16.1. The molecule has 0 amide bonds. The lowest BCUT2D eigenvalue weighted by Crippen LogP contribution is -2.00. The van der Waals surface area contributed by atoms with Gasteiger partial charge in [-0.05, 0) is 27.2 Å². The summed E-state index contributed by atoms with van der Waals surface area (Å²) >= 11 is 1.44. The molecule has 2 aromatic heterocycles. The first kappa shape index (κ1) is 16.4. The average Bonchev–Trinajstić information content (AvgIpc) is 2.93. The van der Waals surface area contributed by atoms with Crippen LogP contribution in [0.15, 0.2) is 9.55 Å². The zero-order valence-electron chi connectivity index (χ0n) is 13.3. The maximum absolute atomic E-state index is 9.28. The van der Waals surface area contributed by atoms with Crippen molar-refractivity contribution in [2.45, 2.75) is 57.2 Å². The van der Waals surface area contributed by atoms with Crippen molar-refractivity contribution in [2.75, 3.05) is 0 Å². The van der Waals surface area contributed by atoms with Crippen LogP contribution in [0.5, 0.6) is 0 Å². The molecule has 0 fully saturated rings. The van der Waals surface area contributed by atoms with Gasteiger partial charge in [0.25, 0.3) is 0 Å². The first-order valence-electron chi connectivity index (χ1n) is 7.29. The molecule has 0 aliphatic carbocycles. The summed E-state index contributed by atoms with van der Waals surface area (Å²) in [5.41, 5.74) is 1.20. The Hall–Kier alpha value is -1.94. The van der Waals surface area contributed by atoms with E-state index < -0.39 is 0 Å². The van der Waals surface area contributed by atoms with Crippen molar-refractivity contribution in [1.29, 1.82) is 5.26 Å². The molecule has 1 unspecified atom stereocenters. The fraction of sp³-hybridized carbons (Fsp3) is 0.533. The smallest absolute Gasteiger partial charge is 0.239 e. The monoisotopic (exact) mass is 317 g/mol. The molecule has 0 N–H and O–H groups in total. The van der Waals surface area contributed by atoms with Gasteiger partial charge in [-0.2, -0.15) is 10.2 Å². The van der Waals surface area contributed by atoms with Crippen molar-refractivity contribution in [1.82, 2.24) is 20.1 Å². The van der Waals surface area contributed by atoms with Crippen LogP contribution in [0.25, 0.3) is 0 Å². The van der Waals surface area contributed by atoms with Crippen molar-refractivity contribution in [3.63, 3.8) is 0 Å². The summed E-state index contributed by atoms with van der Waals surface area (Å²) in [6, 6.07) is 2.17.